The molecule has 0 saturated heterocycles. The van der Waals surface area contributed by atoms with E-state index in [1.165, 1.54) is 6.07 Å². The summed E-state index contributed by atoms with van der Waals surface area (Å²) in [6, 6.07) is 1.48. The van der Waals surface area contributed by atoms with Crippen molar-refractivity contribution >= 4 is 11.6 Å². The smallest absolute Gasteiger partial charge is 0.176 e. The van der Waals surface area contributed by atoms with E-state index in [4.69, 9.17) is 21.8 Å². The summed E-state index contributed by atoms with van der Waals surface area (Å²) in [6.45, 7) is 3.61. The number of hydrogen-bond donors (Lipinski definition) is 2. The highest BCUT2D eigenvalue weighted by Crippen LogP contribution is 2.36. The van der Waals surface area contributed by atoms with E-state index >= 15 is 0 Å². The molecule has 1 rings (SSSR count). The number of aromatic hydroxyl groups is 2. The third kappa shape index (κ3) is 1.26. The predicted octanol–water partition coefficient (Wildman–Crippen LogP) is 2.37. The van der Waals surface area contributed by atoms with Gasteiger partial charge in [-0.3, -0.25) is 0 Å². The van der Waals surface area contributed by atoms with Gasteiger partial charge in [-0.15, -0.1) is 0 Å². The van der Waals surface area contributed by atoms with Gasteiger partial charge < -0.3 is 10.2 Å². The molecule has 0 unspecified atom stereocenters. The van der Waals surface area contributed by atoms with E-state index in [1.807, 2.05) is 6.92 Å². The quantitative estimate of drug-likeness (QED) is 0.590. The van der Waals surface area contributed by atoms with Crippen molar-refractivity contribution in [2.75, 3.05) is 0 Å². The summed E-state index contributed by atoms with van der Waals surface area (Å²) in [5.41, 5.74) is 1.66. The Labute approximate surface area is 70.1 Å². The van der Waals surface area contributed by atoms with Crippen molar-refractivity contribution in [3.05, 3.63) is 22.2 Å². The second-order valence-electron chi connectivity index (χ2n) is 2.50. The molecule has 0 aliphatic heterocycles. The average molecular weight is 173 g/mol. The van der Waals surface area contributed by atoms with Crippen LogP contribution in [0.2, 0.25) is 5.02 Å². The average Bonchev–Trinajstić information content (AvgIpc) is 1.97. The number of phenolic OH excluding ortho intramolecular Hbond substituents is 2. The van der Waals surface area contributed by atoms with Gasteiger partial charge in [-0.1, -0.05) is 11.6 Å². The molecule has 0 aromatic heterocycles. The monoisotopic (exact) mass is 172 g/mol. The van der Waals surface area contributed by atoms with E-state index in [1.54, 1.807) is 6.92 Å². The molecule has 0 amide bonds. The van der Waals surface area contributed by atoms with E-state index in [9.17, 15) is 0 Å². The number of aryl methyl sites for hydroxylation is 1. The molecule has 60 valence electrons. The van der Waals surface area contributed by atoms with Gasteiger partial charge >= 0.3 is 0 Å². The zero-order chi connectivity index (χ0) is 8.59. The molecule has 0 aliphatic carbocycles. The van der Waals surface area contributed by atoms with E-state index in [-0.39, 0.29) is 16.5 Å². The Morgan fingerprint density at radius 1 is 1.27 bits per heavy atom. The summed E-state index contributed by atoms with van der Waals surface area (Å²) in [5, 5.41) is 18.4. The number of halogens is 1. The zero-order valence-electron chi connectivity index (χ0n) is 6.35. The standard InChI is InChI=1S/C8H9ClO2/c1-4-3-6(10)8(11)7(9)5(4)2/h3,10-11H,1-2H3. The van der Waals surface area contributed by atoms with Crippen LogP contribution >= 0.6 is 11.6 Å². The molecule has 0 bridgehead atoms. The molecule has 0 spiro atoms. The van der Waals surface area contributed by atoms with Crippen LogP contribution in [0.5, 0.6) is 11.5 Å². The third-order valence-electron chi connectivity index (χ3n) is 1.72. The van der Waals surface area contributed by atoms with Gasteiger partial charge in [-0.2, -0.15) is 0 Å². The van der Waals surface area contributed by atoms with E-state index in [0.29, 0.717) is 0 Å². The summed E-state index contributed by atoms with van der Waals surface area (Å²) in [7, 11) is 0. The summed E-state index contributed by atoms with van der Waals surface area (Å²) >= 11 is 5.68. The van der Waals surface area contributed by atoms with Gasteiger partial charge in [0, 0.05) is 0 Å². The minimum atomic E-state index is -0.241. The summed E-state index contributed by atoms with van der Waals surface area (Å²) < 4.78 is 0. The summed E-state index contributed by atoms with van der Waals surface area (Å²) in [6.07, 6.45) is 0. The van der Waals surface area contributed by atoms with E-state index in [0.717, 1.165) is 11.1 Å². The molecule has 0 atom stereocenters. The Hall–Kier alpha value is -0.890. The molecule has 0 saturated carbocycles. The number of rotatable bonds is 0. The second kappa shape index (κ2) is 2.62. The van der Waals surface area contributed by atoms with Crippen LogP contribution in [0.25, 0.3) is 0 Å². The Kier molecular flexibility index (Phi) is 1.96. The van der Waals surface area contributed by atoms with Crippen LogP contribution in [0.3, 0.4) is 0 Å². The molecular weight excluding hydrogens is 164 g/mol. The van der Waals surface area contributed by atoms with Crippen molar-refractivity contribution in [3.63, 3.8) is 0 Å². The molecule has 2 nitrogen and oxygen atoms in total. The van der Waals surface area contributed by atoms with Crippen LogP contribution in [-0.4, -0.2) is 10.2 Å². The maximum atomic E-state index is 9.13. The highest BCUT2D eigenvalue weighted by molar-refractivity contribution is 6.33. The summed E-state index contributed by atoms with van der Waals surface area (Å²) in [4.78, 5) is 0. The molecular formula is C8H9ClO2. The van der Waals surface area contributed by atoms with Gasteiger partial charge in [0.05, 0.1) is 5.02 Å². The lowest BCUT2D eigenvalue weighted by Gasteiger charge is -2.06. The Balaban J connectivity index is 3.46. The second-order valence-corrected chi connectivity index (χ2v) is 2.88. The third-order valence-corrected chi connectivity index (χ3v) is 2.19. The predicted molar refractivity (Wildman–Crippen MR) is 44.3 cm³/mol. The Morgan fingerprint density at radius 3 is 2.36 bits per heavy atom. The van der Waals surface area contributed by atoms with Crippen LogP contribution in [0, 0.1) is 13.8 Å². The first-order chi connectivity index (χ1) is 5.04. The molecule has 1 aromatic carbocycles. The fraction of sp³-hybridized carbons (Fsp3) is 0.250. The Bertz CT molecular complexity index is 268. The van der Waals surface area contributed by atoms with Gasteiger partial charge in [-0.05, 0) is 31.0 Å². The maximum Gasteiger partial charge on any atom is 0.176 e. The van der Waals surface area contributed by atoms with Crippen LogP contribution in [0.1, 0.15) is 11.1 Å². The number of benzene rings is 1. The molecule has 2 N–H and O–H groups in total. The van der Waals surface area contributed by atoms with Crippen molar-refractivity contribution in [1.82, 2.24) is 0 Å². The van der Waals surface area contributed by atoms with Crippen LogP contribution in [-0.2, 0) is 0 Å². The molecule has 0 aliphatic rings. The topological polar surface area (TPSA) is 40.5 Å². The zero-order valence-corrected chi connectivity index (χ0v) is 7.11. The highest BCUT2D eigenvalue weighted by Gasteiger charge is 2.09. The van der Waals surface area contributed by atoms with Crippen molar-refractivity contribution in [2.45, 2.75) is 13.8 Å². The van der Waals surface area contributed by atoms with Crippen molar-refractivity contribution in [3.8, 4) is 11.5 Å². The summed E-state index contributed by atoms with van der Waals surface area (Å²) in [5.74, 6) is -0.409. The lowest BCUT2D eigenvalue weighted by molar-refractivity contribution is 0.403. The van der Waals surface area contributed by atoms with Crippen molar-refractivity contribution < 1.29 is 10.2 Å². The van der Waals surface area contributed by atoms with Gasteiger partial charge in [0.15, 0.2) is 11.5 Å². The minimum absolute atomic E-state index is 0.168. The van der Waals surface area contributed by atoms with Gasteiger partial charge in [0.1, 0.15) is 0 Å². The fourth-order valence-corrected chi connectivity index (χ4v) is 1.09. The van der Waals surface area contributed by atoms with E-state index in [2.05, 4.69) is 0 Å². The first kappa shape index (κ1) is 8.21. The fourth-order valence-electron chi connectivity index (χ4n) is 0.845. The van der Waals surface area contributed by atoms with Gasteiger partial charge in [0.25, 0.3) is 0 Å². The molecule has 11 heavy (non-hydrogen) atoms. The normalized spacial score (nSPS) is 10.1. The minimum Gasteiger partial charge on any atom is -0.504 e. The SMILES string of the molecule is Cc1cc(O)c(O)c(Cl)c1C. The van der Waals surface area contributed by atoms with Crippen LogP contribution in [0.4, 0.5) is 0 Å². The highest BCUT2D eigenvalue weighted by atomic mass is 35.5. The molecule has 3 heteroatoms. The molecule has 0 fully saturated rings. The largest absolute Gasteiger partial charge is 0.504 e. The molecule has 1 aromatic rings. The van der Waals surface area contributed by atoms with Crippen LogP contribution in [0.15, 0.2) is 6.07 Å². The Morgan fingerprint density at radius 2 is 1.82 bits per heavy atom. The lowest BCUT2D eigenvalue weighted by atomic mass is 10.1. The number of hydrogen-bond acceptors (Lipinski definition) is 2. The first-order valence-electron chi connectivity index (χ1n) is 3.21. The van der Waals surface area contributed by atoms with Crippen molar-refractivity contribution in [1.29, 1.82) is 0 Å². The lowest BCUT2D eigenvalue weighted by Crippen LogP contribution is -1.82. The first-order valence-corrected chi connectivity index (χ1v) is 3.59. The van der Waals surface area contributed by atoms with Crippen LogP contribution < -0.4 is 0 Å². The van der Waals surface area contributed by atoms with Crippen molar-refractivity contribution in [2.24, 2.45) is 0 Å². The molecule has 0 heterocycles. The number of phenols is 2. The maximum absolute atomic E-state index is 9.13. The molecule has 0 radical (unpaired) electrons. The van der Waals surface area contributed by atoms with Gasteiger partial charge in [-0.25, -0.2) is 0 Å². The van der Waals surface area contributed by atoms with Gasteiger partial charge in [0.2, 0.25) is 0 Å². The van der Waals surface area contributed by atoms with E-state index < -0.39 is 0 Å².